The molecule has 1 aliphatic rings. The zero-order valence-electron chi connectivity index (χ0n) is 12.3. The molecule has 8 heteroatoms. The molecule has 1 fully saturated rings. The Morgan fingerprint density at radius 1 is 1.55 bits per heavy atom. The summed E-state index contributed by atoms with van der Waals surface area (Å²) >= 11 is 1.30. The number of carbonyl (C=O) groups is 1. The first kappa shape index (κ1) is 18.7. The first-order valence-electron chi connectivity index (χ1n) is 6.93. The van der Waals surface area contributed by atoms with Crippen molar-refractivity contribution in [2.45, 2.75) is 17.7 Å². The molecule has 0 aliphatic carbocycles. The van der Waals surface area contributed by atoms with Gasteiger partial charge in [0.05, 0.1) is 9.82 Å². The molecule has 0 bridgehead atoms. The normalized spacial score (nSPS) is 16.9. The van der Waals surface area contributed by atoms with Crippen molar-refractivity contribution in [1.29, 1.82) is 0 Å². The molecule has 122 valence electrons. The molecule has 2 N–H and O–H groups in total. The molecule has 0 spiro atoms. The molecule has 1 atom stereocenters. The fourth-order valence-electron chi connectivity index (χ4n) is 2.43. The van der Waals surface area contributed by atoms with Gasteiger partial charge in [0.2, 0.25) is 0 Å². The molecule has 1 aliphatic heterocycles. The van der Waals surface area contributed by atoms with E-state index < -0.39 is 4.92 Å². The molecule has 22 heavy (non-hydrogen) atoms. The Morgan fingerprint density at radius 3 is 2.91 bits per heavy atom. The number of hydrogen-bond acceptors (Lipinski definition) is 5. The van der Waals surface area contributed by atoms with Crippen molar-refractivity contribution in [3.8, 4) is 0 Å². The summed E-state index contributed by atoms with van der Waals surface area (Å²) in [6, 6.07) is 4.60. The summed E-state index contributed by atoms with van der Waals surface area (Å²) in [5, 5.41) is 17.1. The smallest absolute Gasteiger partial charge is 0.283 e. The minimum atomic E-state index is -0.452. The highest BCUT2D eigenvalue weighted by molar-refractivity contribution is 7.98. The first-order valence-corrected chi connectivity index (χ1v) is 8.15. The van der Waals surface area contributed by atoms with Gasteiger partial charge in [-0.05, 0) is 50.2 Å². The van der Waals surface area contributed by atoms with Gasteiger partial charge in [-0.25, -0.2) is 0 Å². The topological polar surface area (TPSA) is 84.3 Å². The number of rotatable bonds is 6. The second-order valence-corrected chi connectivity index (χ2v) is 5.90. The molecule has 2 rings (SSSR count). The van der Waals surface area contributed by atoms with Crippen LogP contribution in [0.1, 0.15) is 23.2 Å². The van der Waals surface area contributed by atoms with E-state index in [-0.39, 0.29) is 24.0 Å². The van der Waals surface area contributed by atoms with E-state index >= 15 is 0 Å². The third-order valence-corrected chi connectivity index (χ3v) is 4.42. The van der Waals surface area contributed by atoms with Crippen molar-refractivity contribution < 1.29 is 9.72 Å². The number of benzene rings is 1. The van der Waals surface area contributed by atoms with Crippen molar-refractivity contribution in [3.63, 3.8) is 0 Å². The van der Waals surface area contributed by atoms with Crippen molar-refractivity contribution >= 4 is 35.8 Å². The highest BCUT2D eigenvalue weighted by atomic mass is 35.5. The summed E-state index contributed by atoms with van der Waals surface area (Å²) in [4.78, 5) is 23.1. The van der Waals surface area contributed by atoms with E-state index in [1.54, 1.807) is 18.4 Å². The van der Waals surface area contributed by atoms with Crippen LogP contribution in [0.4, 0.5) is 5.69 Å². The quantitative estimate of drug-likeness (QED) is 0.470. The molecule has 0 radical (unpaired) electrons. The van der Waals surface area contributed by atoms with Gasteiger partial charge in [-0.3, -0.25) is 14.9 Å². The number of halogens is 1. The number of nitrogens with zero attached hydrogens (tertiary/aromatic N) is 1. The number of nitro groups is 1. The molecule has 1 heterocycles. The lowest BCUT2D eigenvalue weighted by Crippen LogP contribution is -2.26. The van der Waals surface area contributed by atoms with Gasteiger partial charge in [0, 0.05) is 18.2 Å². The van der Waals surface area contributed by atoms with E-state index in [4.69, 9.17) is 0 Å². The van der Waals surface area contributed by atoms with E-state index in [1.807, 2.05) is 0 Å². The summed E-state index contributed by atoms with van der Waals surface area (Å²) in [6.45, 7) is 2.65. The lowest BCUT2D eigenvalue weighted by Gasteiger charge is -2.09. The van der Waals surface area contributed by atoms with Gasteiger partial charge < -0.3 is 10.6 Å². The van der Waals surface area contributed by atoms with E-state index in [0.29, 0.717) is 22.9 Å². The molecule has 1 aromatic carbocycles. The molecule has 0 aromatic heterocycles. The van der Waals surface area contributed by atoms with Gasteiger partial charge in [-0.1, -0.05) is 0 Å². The number of nitro benzene ring substituents is 1. The van der Waals surface area contributed by atoms with Crippen LogP contribution in [0.5, 0.6) is 0 Å². The molecule has 1 aromatic rings. The fourth-order valence-corrected chi connectivity index (χ4v) is 2.97. The van der Waals surface area contributed by atoms with E-state index in [0.717, 1.165) is 25.9 Å². The summed E-state index contributed by atoms with van der Waals surface area (Å²) < 4.78 is 0. The maximum absolute atomic E-state index is 12.0. The minimum absolute atomic E-state index is 0. The first-order chi connectivity index (χ1) is 10.1. The predicted molar refractivity (Wildman–Crippen MR) is 90.1 cm³/mol. The van der Waals surface area contributed by atoms with Crippen molar-refractivity contribution in [2.24, 2.45) is 5.92 Å². The second kappa shape index (κ2) is 8.97. The zero-order chi connectivity index (χ0) is 15.2. The van der Waals surface area contributed by atoms with Crippen LogP contribution in [-0.4, -0.2) is 36.7 Å². The van der Waals surface area contributed by atoms with Crippen molar-refractivity contribution in [2.75, 3.05) is 25.9 Å². The fraction of sp³-hybridized carbons (Fsp3) is 0.500. The van der Waals surface area contributed by atoms with E-state index in [2.05, 4.69) is 10.6 Å². The number of amides is 1. The Hall–Kier alpha value is -1.31. The summed E-state index contributed by atoms with van der Waals surface area (Å²) in [7, 11) is 0. The summed E-state index contributed by atoms with van der Waals surface area (Å²) in [5.74, 6) is 0.357. The van der Waals surface area contributed by atoms with Gasteiger partial charge in [-0.2, -0.15) is 0 Å². The van der Waals surface area contributed by atoms with Crippen LogP contribution in [0, 0.1) is 16.0 Å². The Morgan fingerprint density at radius 2 is 2.32 bits per heavy atom. The maximum Gasteiger partial charge on any atom is 0.283 e. The van der Waals surface area contributed by atoms with Gasteiger partial charge in [0.1, 0.15) is 0 Å². The molecule has 0 saturated carbocycles. The predicted octanol–water partition coefficient (Wildman–Crippen LogP) is 2.47. The third-order valence-electron chi connectivity index (χ3n) is 3.64. The SMILES string of the molecule is CSc1ccc(C(=O)NCCC2CCNC2)cc1[N+](=O)[O-].Cl. The summed E-state index contributed by atoms with van der Waals surface area (Å²) in [6.07, 6.45) is 3.85. The van der Waals surface area contributed by atoms with Gasteiger partial charge in [0.25, 0.3) is 11.6 Å². The third kappa shape index (κ3) is 4.86. The second-order valence-electron chi connectivity index (χ2n) is 5.05. The lowest BCUT2D eigenvalue weighted by molar-refractivity contribution is -0.387. The molecule has 1 unspecified atom stereocenters. The maximum atomic E-state index is 12.0. The average molecular weight is 346 g/mol. The number of carbonyl (C=O) groups excluding carboxylic acids is 1. The van der Waals surface area contributed by atoms with Crippen molar-refractivity contribution in [3.05, 3.63) is 33.9 Å². The Kier molecular flexibility index (Phi) is 7.64. The van der Waals surface area contributed by atoms with Crippen LogP contribution in [0.2, 0.25) is 0 Å². The zero-order valence-corrected chi connectivity index (χ0v) is 14.0. The van der Waals surface area contributed by atoms with E-state index in [1.165, 1.54) is 17.8 Å². The Labute approximate surface area is 140 Å². The number of hydrogen-bond donors (Lipinski definition) is 2. The van der Waals surface area contributed by atoms with Crippen LogP contribution in [0.3, 0.4) is 0 Å². The van der Waals surface area contributed by atoms with Gasteiger partial charge in [-0.15, -0.1) is 24.2 Å². The van der Waals surface area contributed by atoms with Crippen LogP contribution < -0.4 is 10.6 Å². The van der Waals surface area contributed by atoms with Crippen LogP contribution >= 0.6 is 24.2 Å². The molecule has 6 nitrogen and oxygen atoms in total. The van der Waals surface area contributed by atoms with Crippen LogP contribution in [0.25, 0.3) is 0 Å². The van der Waals surface area contributed by atoms with Crippen LogP contribution in [-0.2, 0) is 0 Å². The summed E-state index contributed by atoms with van der Waals surface area (Å²) in [5.41, 5.74) is 0.319. The largest absolute Gasteiger partial charge is 0.352 e. The van der Waals surface area contributed by atoms with Gasteiger partial charge >= 0.3 is 0 Å². The highest BCUT2D eigenvalue weighted by Gasteiger charge is 2.18. The Balaban J connectivity index is 0.00000242. The molecular weight excluding hydrogens is 326 g/mol. The molecule has 1 amide bonds. The standard InChI is InChI=1S/C14H19N3O3S.ClH/c1-21-13-3-2-11(8-12(13)17(19)20)14(18)16-7-5-10-4-6-15-9-10;/h2-3,8,10,15H,4-7,9H2,1H3,(H,16,18);1H. The number of nitrogens with one attached hydrogen (secondary N) is 2. The molecular formula is C14H20ClN3O3S. The number of thioether (sulfide) groups is 1. The Bertz CT molecular complexity index is 536. The minimum Gasteiger partial charge on any atom is -0.352 e. The van der Waals surface area contributed by atoms with Crippen LogP contribution in [0.15, 0.2) is 23.1 Å². The highest BCUT2D eigenvalue weighted by Crippen LogP contribution is 2.28. The average Bonchev–Trinajstić information content (AvgIpc) is 2.99. The van der Waals surface area contributed by atoms with Gasteiger partial charge in [0.15, 0.2) is 0 Å². The van der Waals surface area contributed by atoms with Crippen molar-refractivity contribution in [1.82, 2.24) is 10.6 Å². The molecule has 1 saturated heterocycles. The monoisotopic (exact) mass is 345 g/mol. The van der Waals surface area contributed by atoms with E-state index in [9.17, 15) is 14.9 Å². The lowest BCUT2D eigenvalue weighted by atomic mass is 10.1.